The van der Waals surface area contributed by atoms with Gasteiger partial charge in [0.25, 0.3) is 0 Å². The van der Waals surface area contributed by atoms with E-state index in [-0.39, 0.29) is 18.6 Å². The average molecular weight is 927 g/mol. The van der Waals surface area contributed by atoms with E-state index in [4.69, 9.17) is 14.2 Å². The minimum absolute atomic E-state index is 0.0672. The lowest BCUT2D eigenvalue weighted by Gasteiger charge is -2.38. The van der Waals surface area contributed by atoms with Crippen molar-refractivity contribution in [2.45, 2.75) is 81.5 Å². The van der Waals surface area contributed by atoms with Crippen LogP contribution in [-0.4, -0.2) is 90.4 Å². The number of nitrogens with zero attached hydrogens (tertiary/aromatic N) is 1. The Labute approximate surface area is 396 Å². The van der Waals surface area contributed by atoms with Gasteiger partial charge in [0.1, 0.15) is 29.8 Å². The molecular weight excluding hydrogens is 869 g/mol. The van der Waals surface area contributed by atoms with E-state index in [2.05, 4.69) is 16.0 Å². The van der Waals surface area contributed by atoms with Gasteiger partial charge >= 0.3 is 18.0 Å². The highest BCUT2D eigenvalue weighted by Crippen LogP contribution is 2.49. The summed E-state index contributed by atoms with van der Waals surface area (Å²) < 4.78 is 14.9. The maximum Gasteiger partial charge on any atom is 0.410 e. The van der Waals surface area contributed by atoms with Crippen LogP contribution in [0.2, 0.25) is 0 Å². The van der Waals surface area contributed by atoms with Gasteiger partial charge in [-0.15, -0.1) is 11.8 Å². The predicted molar refractivity (Wildman–Crippen MR) is 258 cm³/mol. The number of rotatable bonds is 18. The van der Waals surface area contributed by atoms with Crippen molar-refractivity contribution >= 4 is 47.5 Å². The van der Waals surface area contributed by atoms with Crippen molar-refractivity contribution in [2.75, 3.05) is 26.5 Å². The summed E-state index contributed by atoms with van der Waals surface area (Å²) in [6.45, 7) is 7.73. The van der Waals surface area contributed by atoms with E-state index < -0.39 is 76.3 Å². The molecule has 2 atom stereocenters. The largest absolute Gasteiger partial charge is 0.468 e. The van der Waals surface area contributed by atoms with Crippen LogP contribution >= 0.6 is 11.8 Å². The third kappa shape index (κ3) is 11.5. The molecule has 0 saturated carbocycles. The molecule has 3 N–H and O–H groups in total. The first-order valence-corrected chi connectivity index (χ1v) is 23.0. The third-order valence-electron chi connectivity index (χ3n) is 11.4. The number of nitrogens with one attached hydrogen (secondary N) is 3. The standard InChI is InChI=1S/C53H58N4O9S/c1-51(2,3)66-44(58)32-31-43(57(50(63)65-7)46-40-29-19-17-27-38(40)39-28-18-20-30-41(39)46)48(61)55-42(47(60)56-52(4,5)49(62)54-33-45(59)64-6)34-67-53(35-21-11-8-12-22-35,36-23-13-9-14-24-36)37-25-15-10-16-26-37/h8-30,42-43,46H,31-34H2,1-7H3,(H,54,62)(H,55,61)(H,56,60)/t42-,43-/m1/s1. The van der Waals surface area contributed by atoms with Gasteiger partial charge in [-0.3, -0.25) is 28.9 Å². The molecule has 350 valence electrons. The average Bonchev–Trinajstić information content (AvgIpc) is 3.65. The lowest BCUT2D eigenvalue weighted by molar-refractivity contribution is -0.155. The number of thioether (sulfide) groups is 1. The van der Waals surface area contributed by atoms with Gasteiger partial charge < -0.3 is 30.2 Å². The lowest BCUT2D eigenvalue weighted by Crippen LogP contribution is -2.62. The van der Waals surface area contributed by atoms with Crippen molar-refractivity contribution < 1.29 is 43.0 Å². The van der Waals surface area contributed by atoms with E-state index in [1.165, 1.54) is 44.7 Å². The van der Waals surface area contributed by atoms with Crippen LogP contribution in [0, 0.1) is 0 Å². The van der Waals surface area contributed by atoms with Gasteiger partial charge in [-0.05, 0) is 80.0 Å². The van der Waals surface area contributed by atoms with Crippen LogP contribution in [0.5, 0.6) is 0 Å². The molecule has 0 heterocycles. The Kier molecular flexibility index (Phi) is 15.9. The van der Waals surface area contributed by atoms with Crippen LogP contribution in [0.4, 0.5) is 4.79 Å². The van der Waals surface area contributed by atoms with E-state index in [9.17, 15) is 24.0 Å². The summed E-state index contributed by atoms with van der Waals surface area (Å²) >= 11 is 1.40. The number of ether oxygens (including phenoxy) is 3. The van der Waals surface area contributed by atoms with Crippen molar-refractivity contribution in [1.82, 2.24) is 20.9 Å². The molecule has 0 aliphatic heterocycles. The van der Waals surface area contributed by atoms with E-state index in [0.717, 1.165) is 38.9 Å². The molecule has 14 heteroatoms. The van der Waals surface area contributed by atoms with Crippen molar-refractivity contribution in [3.8, 4) is 11.1 Å². The maximum absolute atomic E-state index is 15.4. The molecule has 0 bridgehead atoms. The van der Waals surface area contributed by atoms with E-state index in [0.29, 0.717) is 0 Å². The lowest BCUT2D eigenvalue weighted by atomic mass is 9.84. The van der Waals surface area contributed by atoms with Crippen LogP contribution < -0.4 is 16.0 Å². The Bertz CT molecular complexity index is 2410. The Morgan fingerprint density at radius 3 is 1.57 bits per heavy atom. The molecule has 4 amide bonds. The molecule has 67 heavy (non-hydrogen) atoms. The summed E-state index contributed by atoms with van der Waals surface area (Å²) in [5.41, 5.74) is 3.48. The normalized spacial score (nSPS) is 13.2. The zero-order valence-corrected chi connectivity index (χ0v) is 39.7. The van der Waals surface area contributed by atoms with Crippen LogP contribution in [0.3, 0.4) is 0 Å². The number of benzene rings is 5. The molecule has 0 fully saturated rings. The fraction of sp³-hybridized carbons (Fsp3) is 0.321. The number of carbonyl (C=O) groups is 6. The van der Waals surface area contributed by atoms with Crippen LogP contribution in [-0.2, 0) is 42.9 Å². The van der Waals surface area contributed by atoms with E-state index in [1.54, 1.807) is 20.8 Å². The molecule has 5 aromatic carbocycles. The Morgan fingerprint density at radius 2 is 1.10 bits per heavy atom. The molecule has 0 saturated heterocycles. The highest BCUT2D eigenvalue weighted by Gasteiger charge is 2.45. The van der Waals surface area contributed by atoms with Crippen molar-refractivity contribution in [3.63, 3.8) is 0 Å². The molecule has 5 aromatic rings. The summed E-state index contributed by atoms with van der Waals surface area (Å²) in [5, 5.41) is 8.30. The molecule has 0 unspecified atom stereocenters. The topological polar surface area (TPSA) is 169 Å². The number of fused-ring (bicyclic) bond motifs is 3. The predicted octanol–water partition coefficient (Wildman–Crippen LogP) is 7.71. The van der Waals surface area contributed by atoms with Crippen molar-refractivity contribution in [2.24, 2.45) is 0 Å². The van der Waals surface area contributed by atoms with Gasteiger partial charge in [-0.2, -0.15) is 0 Å². The summed E-state index contributed by atoms with van der Waals surface area (Å²) in [7, 11) is 2.42. The molecule has 0 spiro atoms. The summed E-state index contributed by atoms with van der Waals surface area (Å²) in [6, 6.07) is 41.0. The molecule has 6 rings (SSSR count). The molecule has 13 nitrogen and oxygen atoms in total. The minimum atomic E-state index is -1.60. The van der Waals surface area contributed by atoms with Crippen LogP contribution in [0.1, 0.15) is 81.3 Å². The summed E-state index contributed by atoms with van der Waals surface area (Å²) in [4.78, 5) is 84.9. The van der Waals surface area contributed by atoms with Gasteiger partial charge in [0.15, 0.2) is 0 Å². The molecule has 0 aromatic heterocycles. The van der Waals surface area contributed by atoms with Gasteiger partial charge in [0.2, 0.25) is 17.7 Å². The second-order valence-corrected chi connectivity index (χ2v) is 18.9. The highest BCUT2D eigenvalue weighted by atomic mass is 32.2. The molecule has 1 aliphatic carbocycles. The number of hydrogen-bond acceptors (Lipinski definition) is 10. The van der Waals surface area contributed by atoms with E-state index >= 15 is 4.79 Å². The second kappa shape index (κ2) is 21.6. The van der Waals surface area contributed by atoms with Gasteiger partial charge in [-0.1, -0.05) is 140 Å². The van der Waals surface area contributed by atoms with Crippen molar-refractivity contribution in [3.05, 3.63) is 167 Å². The van der Waals surface area contributed by atoms with Crippen molar-refractivity contribution in [1.29, 1.82) is 0 Å². The van der Waals surface area contributed by atoms with Gasteiger partial charge in [0.05, 0.1) is 25.0 Å². The smallest absolute Gasteiger partial charge is 0.410 e. The zero-order valence-electron chi connectivity index (χ0n) is 38.9. The monoisotopic (exact) mass is 926 g/mol. The first-order chi connectivity index (χ1) is 32.0. The quantitative estimate of drug-likeness (QED) is 0.0450. The SMILES string of the molecule is COC(=O)CNC(=O)C(C)(C)NC(=O)[C@@H](CSC(c1ccccc1)(c1ccccc1)c1ccccc1)NC(=O)[C@@H](CCC(=O)OC(C)(C)C)N(C(=O)OC)C1c2ccccc2-c2ccccc21. The second-order valence-electron chi connectivity index (χ2n) is 17.6. The summed E-state index contributed by atoms with van der Waals surface area (Å²) in [5.74, 6) is -3.51. The highest BCUT2D eigenvalue weighted by molar-refractivity contribution is 8.00. The Hall–Kier alpha value is -6.93. The maximum atomic E-state index is 15.4. The third-order valence-corrected chi connectivity index (χ3v) is 13.0. The number of methoxy groups -OCH3 is 2. The van der Waals surface area contributed by atoms with Gasteiger partial charge in [-0.25, -0.2) is 4.79 Å². The first kappa shape index (κ1) is 49.5. The zero-order chi connectivity index (χ0) is 48.4. The molecule has 1 aliphatic rings. The fourth-order valence-corrected chi connectivity index (χ4v) is 9.88. The number of esters is 2. The Morgan fingerprint density at radius 1 is 0.627 bits per heavy atom. The van der Waals surface area contributed by atoms with Crippen LogP contribution in [0.15, 0.2) is 140 Å². The minimum Gasteiger partial charge on any atom is -0.468 e. The number of carbonyl (C=O) groups excluding carboxylic acids is 6. The first-order valence-electron chi connectivity index (χ1n) is 22.0. The summed E-state index contributed by atoms with van der Waals surface area (Å²) in [6.07, 6.45) is -1.31. The molecular formula is C53H58N4O9S. The van der Waals surface area contributed by atoms with E-state index in [1.807, 2.05) is 140 Å². The van der Waals surface area contributed by atoms with Crippen LogP contribution in [0.25, 0.3) is 11.1 Å². The number of amides is 4. The fourth-order valence-electron chi connectivity index (χ4n) is 8.32. The van der Waals surface area contributed by atoms with Gasteiger partial charge in [0, 0.05) is 12.2 Å². The molecule has 0 radical (unpaired) electrons. The number of hydrogen-bond donors (Lipinski definition) is 3. The Balaban J connectivity index is 1.46.